The van der Waals surface area contributed by atoms with E-state index in [-0.39, 0.29) is 33.3 Å². The van der Waals surface area contributed by atoms with Crippen molar-refractivity contribution in [3.8, 4) is 11.5 Å². The maximum atomic E-state index is 12.5. The summed E-state index contributed by atoms with van der Waals surface area (Å²) >= 11 is 11.9. The summed E-state index contributed by atoms with van der Waals surface area (Å²) in [6.45, 7) is 2.08. The van der Waals surface area contributed by atoms with Crippen LogP contribution in [0.25, 0.3) is 0 Å². The molecule has 3 aromatic rings. The van der Waals surface area contributed by atoms with Gasteiger partial charge < -0.3 is 9.47 Å². The molecular formula is C23H17Cl2N3O6. The van der Waals surface area contributed by atoms with Gasteiger partial charge in [0.25, 0.3) is 11.6 Å². The van der Waals surface area contributed by atoms with Crippen molar-refractivity contribution in [2.45, 2.75) is 6.92 Å². The molecule has 0 atom stereocenters. The first-order valence-corrected chi connectivity index (χ1v) is 10.6. The van der Waals surface area contributed by atoms with Crippen molar-refractivity contribution in [3.63, 3.8) is 0 Å². The van der Waals surface area contributed by atoms with Crippen LogP contribution in [0.1, 0.15) is 33.2 Å². The van der Waals surface area contributed by atoms with Crippen molar-refractivity contribution >= 4 is 47.0 Å². The van der Waals surface area contributed by atoms with Crippen LogP contribution in [0.15, 0.2) is 65.8 Å². The lowest BCUT2D eigenvalue weighted by atomic mass is 10.2. The number of nitro groups is 1. The monoisotopic (exact) mass is 501 g/mol. The van der Waals surface area contributed by atoms with E-state index in [0.717, 1.165) is 0 Å². The van der Waals surface area contributed by atoms with Gasteiger partial charge in [-0.3, -0.25) is 14.9 Å². The number of halogens is 2. The Hall–Kier alpha value is -3.95. The quantitative estimate of drug-likeness (QED) is 0.147. The second-order valence-corrected chi connectivity index (χ2v) is 7.50. The molecule has 34 heavy (non-hydrogen) atoms. The van der Waals surface area contributed by atoms with Crippen LogP contribution in [0.3, 0.4) is 0 Å². The number of ether oxygens (including phenoxy) is 2. The number of nitrogens with one attached hydrogen (secondary N) is 1. The standard InChI is InChI=1S/C23H17Cl2N3O6/c1-2-33-21-11-14(13-26-27-22(29)15-4-7-17(8-5-15)28(31)32)3-10-20(21)34-23(30)18-9-6-16(24)12-19(18)25/h3-13H,2H2,1H3,(H,27,29)/b26-13+. The van der Waals surface area contributed by atoms with Crippen LogP contribution in [0, 0.1) is 10.1 Å². The highest BCUT2D eigenvalue weighted by Gasteiger charge is 2.16. The van der Waals surface area contributed by atoms with Crippen molar-refractivity contribution in [2.75, 3.05) is 6.61 Å². The average molecular weight is 502 g/mol. The largest absolute Gasteiger partial charge is 0.490 e. The summed E-state index contributed by atoms with van der Waals surface area (Å²) in [5.74, 6) is -0.766. The van der Waals surface area contributed by atoms with E-state index in [0.29, 0.717) is 17.2 Å². The van der Waals surface area contributed by atoms with E-state index in [1.54, 1.807) is 19.1 Å². The van der Waals surface area contributed by atoms with Crippen LogP contribution >= 0.6 is 23.2 Å². The first kappa shape index (κ1) is 24.7. The second kappa shape index (κ2) is 11.3. The Kier molecular flexibility index (Phi) is 8.18. The van der Waals surface area contributed by atoms with Gasteiger partial charge in [-0.05, 0) is 61.0 Å². The van der Waals surface area contributed by atoms with Gasteiger partial charge in [0.05, 0.1) is 28.3 Å². The molecule has 0 aliphatic rings. The molecule has 0 bridgehead atoms. The highest BCUT2D eigenvalue weighted by molar-refractivity contribution is 6.36. The second-order valence-electron chi connectivity index (χ2n) is 6.66. The topological polar surface area (TPSA) is 120 Å². The zero-order valence-corrected chi connectivity index (χ0v) is 19.2. The molecule has 0 spiro atoms. The Bertz CT molecular complexity index is 1260. The summed E-state index contributed by atoms with van der Waals surface area (Å²) < 4.78 is 11.0. The fourth-order valence-corrected chi connectivity index (χ4v) is 3.22. The average Bonchev–Trinajstić information content (AvgIpc) is 2.80. The molecule has 0 aliphatic carbocycles. The van der Waals surface area contributed by atoms with Crippen LogP contribution in [-0.4, -0.2) is 29.6 Å². The number of non-ortho nitro benzene ring substituents is 1. The van der Waals surface area contributed by atoms with Crippen molar-refractivity contribution in [2.24, 2.45) is 5.10 Å². The van der Waals surface area contributed by atoms with Gasteiger partial charge in [-0.15, -0.1) is 0 Å². The number of carbonyl (C=O) groups is 2. The molecule has 0 heterocycles. The third kappa shape index (κ3) is 6.31. The Labute approximate surface area is 204 Å². The lowest BCUT2D eigenvalue weighted by Crippen LogP contribution is -2.17. The van der Waals surface area contributed by atoms with Crippen LogP contribution in [0.2, 0.25) is 10.0 Å². The number of carbonyl (C=O) groups excluding carboxylic acids is 2. The summed E-state index contributed by atoms with van der Waals surface area (Å²) in [6, 6.07) is 14.2. The first-order valence-electron chi connectivity index (χ1n) is 9.80. The molecule has 0 saturated heterocycles. The summed E-state index contributed by atoms with van der Waals surface area (Å²) in [7, 11) is 0. The summed E-state index contributed by atoms with van der Waals surface area (Å²) in [4.78, 5) is 34.8. The van der Waals surface area contributed by atoms with E-state index in [9.17, 15) is 19.7 Å². The molecule has 3 aromatic carbocycles. The van der Waals surface area contributed by atoms with Gasteiger partial charge in [0.1, 0.15) is 0 Å². The third-order valence-electron chi connectivity index (χ3n) is 4.34. The number of hydrazone groups is 1. The lowest BCUT2D eigenvalue weighted by Gasteiger charge is -2.12. The Morgan fingerprint density at radius 1 is 1.06 bits per heavy atom. The normalized spacial score (nSPS) is 10.7. The van der Waals surface area contributed by atoms with Crippen molar-refractivity contribution in [1.29, 1.82) is 0 Å². The van der Waals surface area contributed by atoms with Crippen molar-refractivity contribution in [1.82, 2.24) is 5.43 Å². The smallest absolute Gasteiger partial charge is 0.345 e. The minimum absolute atomic E-state index is 0.123. The van der Waals surface area contributed by atoms with Gasteiger partial charge >= 0.3 is 5.97 Å². The van der Waals surface area contributed by atoms with Gasteiger partial charge in [-0.1, -0.05) is 23.2 Å². The van der Waals surface area contributed by atoms with Gasteiger partial charge in [-0.25, -0.2) is 10.2 Å². The molecule has 0 unspecified atom stereocenters. The number of benzene rings is 3. The molecule has 9 nitrogen and oxygen atoms in total. The van der Waals surface area contributed by atoms with E-state index in [4.69, 9.17) is 32.7 Å². The van der Waals surface area contributed by atoms with E-state index in [2.05, 4.69) is 10.5 Å². The molecule has 1 N–H and O–H groups in total. The molecule has 0 aliphatic heterocycles. The molecular weight excluding hydrogens is 485 g/mol. The zero-order valence-electron chi connectivity index (χ0n) is 17.7. The molecule has 174 valence electrons. The van der Waals surface area contributed by atoms with Gasteiger partial charge in [0.2, 0.25) is 0 Å². The van der Waals surface area contributed by atoms with E-state index in [1.807, 2.05) is 0 Å². The first-order chi connectivity index (χ1) is 16.3. The Balaban J connectivity index is 1.70. The summed E-state index contributed by atoms with van der Waals surface area (Å²) in [5.41, 5.74) is 3.12. The van der Waals surface area contributed by atoms with Gasteiger partial charge in [0.15, 0.2) is 11.5 Å². The Morgan fingerprint density at radius 3 is 2.44 bits per heavy atom. The summed E-state index contributed by atoms with van der Waals surface area (Å²) in [6.07, 6.45) is 1.37. The number of amides is 1. The third-order valence-corrected chi connectivity index (χ3v) is 4.89. The maximum Gasteiger partial charge on any atom is 0.345 e. The lowest BCUT2D eigenvalue weighted by molar-refractivity contribution is -0.384. The van der Waals surface area contributed by atoms with Crippen molar-refractivity contribution in [3.05, 3.63) is 97.5 Å². The van der Waals surface area contributed by atoms with Gasteiger partial charge in [-0.2, -0.15) is 5.10 Å². The highest BCUT2D eigenvalue weighted by atomic mass is 35.5. The van der Waals surface area contributed by atoms with E-state index >= 15 is 0 Å². The SMILES string of the molecule is CCOc1cc(/C=N/NC(=O)c2ccc([N+](=O)[O-])cc2)ccc1OC(=O)c1ccc(Cl)cc1Cl. The molecule has 1 amide bonds. The van der Waals surface area contributed by atoms with Crippen LogP contribution < -0.4 is 14.9 Å². The van der Waals surface area contributed by atoms with Crippen molar-refractivity contribution < 1.29 is 24.0 Å². The summed E-state index contributed by atoms with van der Waals surface area (Å²) in [5, 5.41) is 15.1. The number of nitrogens with zero attached hydrogens (tertiary/aromatic N) is 2. The van der Waals surface area contributed by atoms with Crippen LogP contribution in [0.5, 0.6) is 11.5 Å². The minimum Gasteiger partial charge on any atom is -0.490 e. The van der Waals surface area contributed by atoms with E-state index in [1.165, 1.54) is 54.7 Å². The van der Waals surface area contributed by atoms with Gasteiger partial charge in [0, 0.05) is 22.7 Å². The molecule has 0 fully saturated rings. The Morgan fingerprint density at radius 2 is 1.79 bits per heavy atom. The maximum absolute atomic E-state index is 12.5. The van der Waals surface area contributed by atoms with Crippen LogP contribution in [-0.2, 0) is 0 Å². The molecule has 0 radical (unpaired) electrons. The molecule has 0 saturated carbocycles. The number of esters is 1. The van der Waals surface area contributed by atoms with E-state index < -0.39 is 16.8 Å². The molecule has 0 aromatic heterocycles. The molecule has 11 heteroatoms. The predicted molar refractivity (Wildman–Crippen MR) is 127 cm³/mol. The number of hydrogen-bond donors (Lipinski definition) is 1. The van der Waals surface area contributed by atoms with Crippen LogP contribution in [0.4, 0.5) is 5.69 Å². The number of rotatable bonds is 8. The minimum atomic E-state index is -0.681. The highest BCUT2D eigenvalue weighted by Crippen LogP contribution is 2.30. The molecule has 3 rings (SSSR count). The number of nitro benzene ring substituents is 1. The number of hydrogen-bond acceptors (Lipinski definition) is 7. The fourth-order valence-electron chi connectivity index (χ4n) is 2.73. The fraction of sp³-hybridized carbons (Fsp3) is 0.0870. The predicted octanol–water partition coefficient (Wildman–Crippen LogP) is 5.28. The zero-order chi connectivity index (χ0) is 24.7.